The van der Waals surface area contributed by atoms with E-state index in [1.807, 2.05) is 41.8 Å². The Morgan fingerprint density at radius 2 is 1.54 bits per heavy atom. The zero-order valence-electron chi connectivity index (χ0n) is 19.1. The van der Waals surface area contributed by atoms with Crippen LogP contribution in [0.2, 0.25) is 0 Å². The third-order valence-corrected chi connectivity index (χ3v) is 6.51. The van der Waals surface area contributed by atoms with Crippen LogP contribution in [0.3, 0.4) is 0 Å². The molecule has 1 saturated heterocycles. The highest BCUT2D eigenvalue weighted by Crippen LogP contribution is 2.21. The van der Waals surface area contributed by atoms with Crippen LogP contribution in [-0.4, -0.2) is 42.3 Å². The van der Waals surface area contributed by atoms with E-state index >= 15 is 0 Å². The summed E-state index contributed by atoms with van der Waals surface area (Å²) in [6.45, 7) is 1.25. The summed E-state index contributed by atoms with van der Waals surface area (Å²) >= 11 is 1.41. The molecule has 182 valence electrons. The zero-order chi connectivity index (χ0) is 24.5. The van der Waals surface area contributed by atoms with Crippen LogP contribution in [0.15, 0.2) is 72.1 Å². The van der Waals surface area contributed by atoms with Crippen molar-refractivity contribution in [2.75, 3.05) is 19.7 Å². The van der Waals surface area contributed by atoms with Gasteiger partial charge in [-0.2, -0.15) is 0 Å². The molecule has 0 atom stereocenters. The number of carbonyl (C=O) groups is 3. The molecule has 9 heteroatoms. The normalized spacial score (nSPS) is 13.7. The lowest BCUT2D eigenvalue weighted by Gasteiger charge is -2.31. The van der Waals surface area contributed by atoms with Gasteiger partial charge in [0.2, 0.25) is 5.91 Å². The maximum Gasteiger partial charge on any atom is 0.276 e. The molecule has 2 N–H and O–H groups in total. The number of amides is 3. The van der Waals surface area contributed by atoms with Crippen LogP contribution in [0.4, 0.5) is 0 Å². The molecule has 0 saturated carbocycles. The monoisotopic (exact) mass is 493 g/mol. The van der Waals surface area contributed by atoms with Gasteiger partial charge in [0.05, 0.1) is 4.88 Å². The number of likely N-dealkylation sites (tertiary alicyclic amines) is 1. The number of nitrogens with one attached hydrogen (secondary N) is 2. The minimum atomic E-state index is -0.465. The number of hydrogen-bond donors (Lipinski definition) is 2. The molecular weight excluding hydrogens is 466 g/mol. The molecule has 2 heterocycles. The number of hydrogen-bond acceptors (Lipinski definition) is 6. The van der Waals surface area contributed by atoms with Crippen molar-refractivity contribution in [3.8, 4) is 11.5 Å². The Labute approximate surface area is 207 Å². The number of piperidine rings is 1. The molecule has 0 bridgehead atoms. The van der Waals surface area contributed by atoms with Crippen LogP contribution in [0.1, 0.15) is 28.1 Å². The van der Waals surface area contributed by atoms with Crippen molar-refractivity contribution in [1.29, 1.82) is 0 Å². The van der Waals surface area contributed by atoms with E-state index < -0.39 is 5.91 Å². The number of nitrogens with zero attached hydrogens (tertiary/aromatic N) is 1. The standard InChI is InChI=1S/C26H27N3O5S/c30-24(18-34-22-10-8-21(9-11-22)33-17-19-5-2-1-3-6-19)27-28-25(31)20-12-14-29(15-13-20)26(32)23-7-4-16-35-23/h1-11,16,20H,12-15,17-18H2,(H,27,30)(H,28,31). The third kappa shape index (κ3) is 7.07. The Bertz CT molecular complexity index is 1110. The Balaban J connectivity index is 1.12. The maximum absolute atomic E-state index is 12.4. The summed E-state index contributed by atoms with van der Waals surface area (Å²) in [7, 11) is 0. The van der Waals surface area contributed by atoms with Gasteiger partial charge in [0, 0.05) is 19.0 Å². The summed E-state index contributed by atoms with van der Waals surface area (Å²) in [6.07, 6.45) is 1.10. The van der Waals surface area contributed by atoms with Crippen LogP contribution in [0.5, 0.6) is 11.5 Å². The van der Waals surface area contributed by atoms with E-state index in [0.29, 0.717) is 48.9 Å². The van der Waals surface area contributed by atoms with Gasteiger partial charge in [-0.05, 0) is 54.1 Å². The molecule has 2 aromatic carbocycles. The molecule has 3 amide bonds. The first-order chi connectivity index (χ1) is 17.1. The molecule has 3 aromatic rings. The molecule has 1 fully saturated rings. The molecule has 0 unspecified atom stereocenters. The predicted molar refractivity (Wildman–Crippen MR) is 132 cm³/mol. The van der Waals surface area contributed by atoms with Crippen molar-refractivity contribution >= 4 is 29.1 Å². The topological polar surface area (TPSA) is 97.0 Å². The first-order valence-corrected chi connectivity index (χ1v) is 12.3. The quantitative estimate of drug-likeness (QED) is 0.469. The minimum absolute atomic E-state index is 0.0000920. The second kappa shape index (κ2) is 12.0. The van der Waals surface area contributed by atoms with Crippen LogP contribution < -0.4 is 20.3 Å². The van der Waals surface area contributed by atoms with Gasteiger partial charge in [-0.3, -0.25) is 25.2 Å². The third-order valence-electron chi connectivity index (χ3n) is 5.65. The number of rotatable bonds is 8. The Kier molecular flexibility index (Phi) is 8.34. The summed E-state index contributed by atoms with van der Waals surface area (Å²) in [5, 5.41) is 1.87. The van der Waals surface area contributed by atoms with E-state index in [1.165, 1.54) is 11.3 Å². The van der Waals surface area contributed by atoms with Crippen LogP contribution >= 0.6 is 11.3 Å². The van der Waals surface area contributed by atoms with Gasteiger partial charge < -0.3 is 14.4 Å². The Morgan fingerprint density at radius 1 is 0.857 bits per heavy atom. The van der Waals surface area contributed by atoms with Crippen LogP contribution in [0, 0.1) is 5.92 Å². The molecule has 1 aliphatic heterocycles. The second-order valence-electron chi connectivity index (χ2n) is 8.12. The molecule has 0 radical (unpaired) electrons. The number of hydrazine groups is 1. The molecule has 1 aromatic heterocycles. The molecule has 0 spiro atoms. The fourth-order valence-electron chi connectivity index (χ4n) is 3.69. The Morgan fingerprint density at radius 3 is 2.20 bits per heavy atom. The fraction of sp³-hybridized carbons (Fsp3) is 0.269. The van der Waals surface area contributed by atoms with E-state index in [-0.39, 0.29) is 24.3 Å². The number of thiophene rings is 1. The average molecular weight is 494 g/mol. The highest BCUT2D eigenvalue weighted by Gasteiger charge is 2.28. The summed E-state index contributed by atoms with van der Waals surface area (Å²) < 4.78 is 11.2. The lowest BCUT2D eigenvalue weighted by Crippen LogP contribution is -2.49. The van der Waals surface area contributed by atoms with Gasteiger partial charge in [-0.1, -0.05) is 36.4 Å². The average Bonchev–Trinajstić information content (AvgIpc) is 3.45. The van der Waals surface area contributed by atoms with Crippen molar-refractivity contribution in [2.45, 2.75) is 19.4 Å². The van der Waals surface area contributed by atoms with Crippen LogP contribution in [-0.2, 0) is 16.2 Å². The van der Waals surface area contributed by atoms with Gasteiger partial charge >= 0.3 is 0 Å². The smallest absolute Gasteiger partial charge is 0.276 e. The number of ether oxygens (including phenoxy) is 2. The van der Waals surface area contributed by atoms with Crippen molar-refractivity contribution in [3.63, 3.8) is 0 Å². The van der Waals surface area contributed by atoms with Gasteiger partial charge in [-0.15, -0.1) is 11.3 Å². The molecular formula is C26H27N3O5S. The second-order valence-corrected chi connectivity index (χ2v) is 9.06. The highest BCUT2D eigenvalue weighted by atomic mass is 32.1. The molecule has 1 aliphatic rings. The molecule has 0 aliphatic carbocycles. The van der Waals surface area contributed by atoms with Crippen LogP contribution in [0.25, 0.3) is 0 Å². The van der Waals surface area contributed by atoms with E-state index in [2.05, 4.69) is 10.9 Å². The lowest BCUT2D eigenvalue weighted by molar-refractivity contribution is -0.132. The van der Waals surface area contributed by atoms with E-state index in [4.69, 9.17) is 9.47 Å². The molecule has 8 nitrogen and oxygen atoms in total. The molecule has 4 rings (SSSR count). The minimum Gasteiger partial charge on any atom is -0.489 e. The van der Waals surface area contributed by atoms with Gasteiger partial charge in [0.25, 0.3) is 11.8 Å². The fourth-order valence-corrected chi connectivity index (χ4v) is 4.38. The van der Waals surface area contributed by atoms with Gasteiger partial charge in [-0.25, -0.2) is 0 Å². The summed E-state index contributed by atoms with van der Waals surface area (Å²) in [4.78, 5) is 39.4. The highest BCUT2D eigenvalue weighted by molar-refractivity contribution is 7.12. The summed E-state index contributed by atoms with van der Waals surface area (Å²) in [6, 6.07) is 20.5. The van der Waals surface area contributed by atoms with Gasteiger partial charge in [0.1, 0.15) is 18.1 Å². The zero-order valence-corrected chi connectivity index (χ0v) is 20.0. The van der Waals surface area contributed by atoms with Crippen molar-refractivity contribution < 1.29 is 23.9 Å². The molecule has 35 heavy (non-hydrogen) atoms. The Hall–Kier alpha value is -3.85. The first kappa shape index (κ1) is 24.3. The van der Waals surface area contributed by atoms with Gasteiger partial charge in [0.15, 0.2) is 6.61 Å². The summed E-state index contributed by atoms with van der Waals surface area (Å²) in [5.74, 6) is 0.226. The maximum atomic E-state index is 12.4. The lowest BCUT2D eigenvalue weighted by atomic mass is 9.96. The van der Waals surface area contributed by atoms with Crippen molar-refractivity contribution in [1.82, 2.24) is 15.8 Å². The van der Waals surface area contributed by atoms with E-state index in [9.17, 15) is 14.4 Å². The largest absolute Gasteiger partial charge is 0.489 e. The SMILES string of the molecule is O=C(COc1ccc(OCc2ccccc2)cc1)NNC(=O)C1CCN(C(=O)c2cccs2)CC1. The number of benzene rings is 2. The summed E-state index contributed by atoms with van der Waals surface area (Å²) in [5.41, 5.74) is 5.92. The van der Waals surface area contributed by atoms with Crippen molar-refractivity contribution in [2.24, 2.45) is 5.92 Å². The van der Waals surface area contributed by atoms with E-state index in [1.54, 1.807) is 35.2 Å². The number of carbonyl (C=O) groups excluding carboxylic acids is 3. The predicted octanol–water partition coefficient (Wildman–Crippen LogP) is 3.41. The first-order valence-electron chi connectivity index (χ1n) is 11.4. The van der Waals surface area contributed by atoms with E-state index in [0.717, 1.165) is 5.56 Å². The van der Waals surface area contributed by atoms with Crippen molar-refractivity contribution in [3.05, 3.63) is 82.6 Å².